The highest BCUT2D eigenvalue weighted by atomic mass is 16.4. The Bertz CT molecular complexity index is 578. The van der Waals surface area contributed by atoms with Gasteiger partial charge in [-0.3, -0.25) is 19.9 Å². The largest absolute Gasteiger partial charge is 0.435 e. The summed E-state index contributed by atoms with van der Waals surface area (Å²) >= 11 is 0. The summed E-state index contributed by atoms with van der Waals surface area (Å²) in [5.74, 6) is -0.205. The summed E-state index contributed by atoms with van der Waals surface area (Å²) in [5, 5.41) is 5.15. The Kier molecular flexibility index (Phi) is 3.92. The van der Waals surface area contributed by atoms with Crippen molar-refractivity contribution in [2.45, 2.75) is 13.5 Å². The van der Waals surface area contributed by atoms with Gasteiger partial charge in [0, 0.05) is 31.9 Å². The molecule has 0 saturated heterocycles. The minimum Gasteiger partial charge on any atom is -0.435 e. The summed E-state index contributed by atoms with van der Waals surface area (Å²) in [6.07, 6.45) is 3.34. The van der Waals surface area contributed by atoms with Crippen LogP contribution < -0.4 is 10.6 Å². The predicted octanol–water partition coefficient (Wildman–Crippen LogP) is 1.56. The highest BCUT2D eigenvalue weighted by Gasteiger charge is 2.11. The molecule has 0 aromatic carbocycles. The van der Waals surface area contributed by atoms with E-state index in [2.05, 4.69) is 15.6 Å². The van der Waals surface area contributed by atoms with Crippen molar-refractivity contribution in [3.05, 3.63) is 48.0 Å². The molecular formula is C13H13N3O3. The lowest BCUT2D eigenvalue weighted by molar-refractivity contribution is -0.114. The maximum Gasteiger partial charge on any atom is 0.287 e. The van der Waals surface area contributed by atoms with E-state index >= 15 is 0 Å². The van der Waals surface area contributed by atoms with Gasteiger partial charge < -0.3 is 9.73 Å². The van der Waals surface area contributed by atoms with Crippen LogP contribution in [0.25, 0.3) is 0 Å². The van der Waals surface area contributed by atoms with Gasteiger partial charge in [-0.25, -0.2) is 0 Å². The Morgan fingerprint density at radius 1 is 1.32 bits per heavy atom. The Balaban J connectivity index is 1.93. The monoisotopic (exact) mass is 259 g/mol. The lowest BCUT2D eigenvalue weighted by Gasteiger charge is -2.02. The van der Waals surface area contributed by atoms with Crippen molar-refractivity contribution in [3.63, 3.8) is 0 Å². The normalized spacial score (nSPS) is 9.95. The van der Waals surface area contributed by atoms with Crippen LogP contribution in [0, 0.1) is 0 Å². The Morgan fingerprint density at radius 3 is 2.84 bits per heavy atom. The van der Waals surface area contributed by atoms with Crippen LogP contribution in [-0.2, 0) is 11.3 Å². The van der Waals surface area contributed by atoms with Crippen molar-refractivity contribution >= 4 is 17.7 Å². The molecule has 98 valence electrons. The number of aromatic nitrogens is 1. The molecule has 2 N–H and O–H groups in total. The van der Waals surface area contributed by atoms with Crippen LogP contribution in [0.2, 0.25) is 0 Å². The molecule has 19 heavy (non-hydrogen) atoms. The molecule has 0 bridgehead atoms. The van der Waals surface area contributed by atoms with Crippen LogP contribution >= 0.6 is 0 Å². The number of hydrogen-bond donors (Lipinski definition) is 2. The highest BCUT2D eigenvalue weighted by Crippen LogP contribution is 2.13. The molecule has 0 aliphatic heterocycles. The first-order chi connectivity index (χ1) is 9.15. The van der Waals surface area contributed by atoms with Crippen molar-refractivity contribution in [3.8, 4) is 0 Å². The second-order valence-electron chi connectivity index (χ2n) is 3.89. The molecule has 0 radical (unpaired) electrons. The number of pyridine rings is 1. The number of furan rings is 1. The summed E-state index contributed by atoms with van der Waals surface area (Å²) in [6, 6.07) is 6.69. The number of carbonyl (C=O) groups excluding carboxylic acids is 2. The Morgan fingerprint density at radius 2 is 2.16 bits per heavy atom. The van der Waals surface area contributed by atoms with E-state index in [1.54, 1.807) is 18.5 Å². The van der Waals surface area contributed by atoms with Crippen LogP contribution in [-0.4, -0.2) is 16.8 Å². The zero-order valence-corrected chi connectivity index (χ0v) is 10.3. The minimum atomic E-state index is -0.347. The summed E-state index contributed by atoms with van der Waals surface area (Å²) in [6.45, 7) is 1.73. The SMILES string of the molecule is CC(=O)Nc1ccc(C(=O)NCc2cccnc2)o1. The molecule has 6 heteroatoms. The van der Waals surface area contributed by atoms with Gasteiger partial charge in [0.1, 0.15) is 0 Å². The van der Waals surface area contributed by atoms with Crippen LogP contribution in [0.1, 0.15) is 23.0 Å². The molecule has 2 rings (SSSR count). The number of carbonyl (C=O) groups is 2. The minimum absolute atomic E-state index is 0.146. The van der Waals surface area contributed by atoms with Gasteiger partial charge in [0.15, 0.2) is 11.6 Å². The number of anilines is 1. The maximum atomic E-state index is 11.8. The van der Waals surface area contributed by atoms with E-state index in [4.69, 9.17) is 4.42 Å². The molecule has 0 atom stereocenters. The van der Waals surface area contributed by atoms with Crippen molar-refractivity contribution in [1.82, 2.24) is 10.3 Å². The van der Waals surface area contributed by atoms with Gasteiger partial charge in [-0.15, -0.1) is 0 Å². The van der Waals surface area contributed by atoms with E-state index < -0.39 is 0 Å². The van der Waals surface area contributed by atoms with E-state index in [0.717, 1.165) is 5.56 Å². The number of rotatable bonds is 4. The lowest BCUT2D eigenvalue weighted by atomic mass is 10.3. The van der Waals surface area contributed by atoms with E-state index in [-0.39, 0.29) is 23.5 Å². The number of nitrogens with one attached hydrogen (secondary N) is 2. The third-order valence-electron chi connectivity index (χ3n) is 2.30. The average molecular weight is 259 g/mol. The van der Waals surface area contributed by atoms with Crippen LogP contribution in [0.3, 0.4) is 0 Å². The van der Waals surface area contributed by atoms with Crippen LogP contribution in [0.4, 0.5) is 5.88 Å². The van der Waals surface area contributed by atoms with Gasteiger partial charge in [-0.05, 0) is 17.7 Å². The van der Waals surface area contributed by atoms with E-state index in [9.17, 15) is 9.59 Å². The van der Waals surface area contributed by atoms with Crippen molar-refractivity contribution in [2.75, 3.05) is 5.32 Å². The van der Waals surface area contributed by atoms with E-state index in [0.29, 0.717) is 6.54 Å². The van der Waals surface area contributed by atoms with Gasteiger partial charge >= 0.3 is 0 Å². The summed E-state index contributed by atoms with van der Waals surface area (Å²) < 4.78 is 5.19. The van der Waals surface area contributed by atoms with Gasteiger partial charge in [0.05, 0.1) is 0 Å². The summed E-state index contributed by atoms with van der Waals surface area (Å²) in [4.78, 5) is 26.6. The molecule has 2 amide bonds. The van der Waals surface area contributed by atoms with Gasteiger partial charge in [0.2, 0.25) is 5.91 Å². The maximum absolute atomic E-state index is 11.8. The molecule has 2 aromatic rings. The smallest absolute Gasteiger partial charge is 0.287 e. The summed E-state index contributed by atoms with van der Waals surface area (Å²) in [7, 11) is 0. The zero-order valence-electron chi connectivity index (χ0n) is 10.3. The third kappa shape index (κ3) is 3.67. The summed E-state index contributed by atoms with van der Waals surface area (Å²) in [5.41, 5.74) is 0.893. The number of amides is 2. The van der Waals surface area contributed by atoms with Crippen molar-refractivity contribution in [1.29, 1.82) is 0 Å². The molecular weight excluding hydrogens is 246 g/mol. The average Bonchev–Trinajstić information content (AvgIpc) is 2.85. The van der Waals surface area contributed by atoms with Gasteiger partial charge in [-0.2, -0.15) is 0 Å². The topological polar surface area (TPSA) is 84.2 Å². The Hall–Kier alpha value is -2.63. The van der Waals surface area contributed by atoms with Gasteiger partial charge in [-0.1, -0.05) is 6.07 Å². The molecule has 0 aliphatic rings. The van der Waals surface area contributed by atoms with Crippen LogP contribution in [0.5, 0.6) is 0 Å². The standard InChI is InChI=1S/C13H13N3O3/c1-9(17)16-12-5-4-11(19-12)13(18)15-8-10-3-2-6-14-7-10/h2-7H,8H2,1H3,(H,15,18)(H,16,17). The number of nitrogens with zero attached hydrogens (tertiary/aromatic N) is 1. The van der Waals surface area contributed by atoms with E-state index in [1.807, 2.05) is 6.07 Å². The molecule has 0 aliphatic carbocycles. The predicted molar refractivity (Wildman–Crippen MR) is 68.4 cm³/mol. The fourth-order valence-corrected chi connectivity index (χ4v) is 1.47. The first-order valence-corrected chi connectivity index (χ1v) is 5.69. The fraction of sp³-hybridized carbons (Fsp3) is 0.154. The molecule has 2 heterocycles. The molecule has 0 saturated carbocycles. The second kappa shape index (κ2) is 5.81. The number of hydrogen-bond acceptors (Lipinski definition) is 4. The second-order valence-corrected chi connectivity index (χ2v) is 3.89. The molecule has 0 spiro atoms. The van der Waals surface area contributed by atoms with Crippen LogP contribution in [0.15, 0.2) is 41.1 Å². The van der Waals surface area contributed by atoms with E-state index in [1.165, 1.54) is 19.1 Å². The quantitative estimate of drug-likeness (QED) is 0.872. The Labute approximate surface area is 109 Å². The third-order valence-corrected chi connectivity index (χ3v) is 2.30. The molecule has 2 aromatic heterocycles. The first-order valence-electron chi connectivity index (χ1n) is 5.69. The van der Waals surface area contributed by atoms with Crippen molar-refractivity contribution < 1.29 is 14.0 Å². The molecule has 0 unspecified atom stereocenters. The first kappa shape index (κ1) is 12.8. The lowest BCUT2D eigenvalue weighted by Crippen LogP contribution is -2.22. The fourth-order valence-electron chi connectivity index (χ4n) is 1.47. The van der Waals surface area contributed by atoms with Crippen molar-refractivity contribution in [2.24, 2.45) is 0 Å². The molecule has 6 nitrogen and oxygen atoms in total. The highest BCUT2D eigenvalue weighted by molar-refractivity contribution is 5.93. The van der Waals surface area contributed by atoms with Gasteiger partial charge in [0.25, 0.3) is 5.91 Å². The molecule has 0 fully saturated rings. The zero-order chi connectivity index (χ0) is 13.7.